The molecule has 2 aromatic carbocycles. The van der Waals surface area contributed by atoms with Crippen molar-refractivity contribution in [3.8, 4) is 0 Å². The van der Waals surface area contributed by atoms with Gasteiger partial charge in [-0.15, -0.1) is 0 Å². The van der Waals surface area contributed by atoms with E-state index < -0.39 is 33.5 Å². The minimum atomic E-state index is -4.70. The molecule has 1 aliphatic carbocycles. The number of fused-ring (bicyclic) bond motifs is 1. The van der Waals surface area contributed by atoms with Gasteiger partial charge in [0.25, 0.3) is 0 Å². The van der Waals surface area contributed by atoms with Crippen LogP contribution in [0.15, 0.2) is 62.6 Å². The van der Waals surface area contributed by atoms with E-state index in [4.69, 9.17) is 4.42 Å². The molecular weight excluding hydrogens is 471 g/mol. The van der Waals surface area contributed by atoms with Gasteiger partial charge >= 0.3 is 11.8 Å². The van der Waals surface area contributed by atoms with Crippen molar-refractivity contribution in [1.29, 1.82) is 0 Å². The summed E-state index contributed by atoms with van der Waals surface area (Å²) in [6.45, 7) is 0.167. The molecule has 182 valence electrons. The van der Waals surface area contributed by atoms with E-state index in [1.54, 1.807) is 18.2 Å². The van der Waals surface area contributed by atoms with Gasteiger partial charge in [-0.1, -0.05) is 31.0 Å². The molecule has 0 radical (unpaired) electrons. The molecule has 1 fully saturated rings. The molecule has 0 amide bonds. The van der Waals surface area contributed by atoms with Gasteiger partial charge in [0.1, 0.15) is 5.58 Å². The summed E-state index contributed by atoms with van der Waals surface area (Å²) in [6, 6.07) is 10.7. The predicted octanol–water partition coefficient (Wildman–Crippen LogP) is 4.23. The Kier molecular flexibility index (Phi) is 6.84. The van der Waals surface area contributed by atoms with Crippen molar-refractivity contribution in [2.75, 3.05) is 6.54 Å². The Balaban J connectivity index is 1.50. The maximum absolute atomic E-state index is 13.4. The van der Waals surface area contributed by atoms with Gasteiger partial charge in [0.2, 0.25) is 10.0 Å². The van der Waals surface area contributed by atoms with Crippen LogP contribution < -0.4 is 10.3 Å². The zero-order chi connectivity index (χ0) is 24.5. The minimum absolute atomic E-state index is 0.0705. The zero-order valence-electron chi connectivity index (χ0n) is 18.1. The molecule has 1 aromatic heterocycles. The van der Waals surface area contributed by atoms with Gasteiger partial charge in [-0.2, -0.15) is 13.2 Å². The molecule has 1 saturated carbocycles. The van der Waals surface area contributed by atoms with Crippen molar-refractivity contribution < 1.29 is 31.1 Å². The van der Waals surface area contributed by atoms with E-state index in [-0.39, 0.29) is 34.7 Å². The largest absolute Gasteiger partial charge is 0.423 e. The number of hydrogen-bond donors (Lipinski definition) is 2. The number of alkyl halides is 3. The molecule has 4 rings (SSSR count). The SMILES string of the molecule is O=c1cc(C(F)(F)F)c2cc(Cc3ccc(S(=O)(=O)NCC4CCCCC4O)cc3)ccc2o1. The summed E-state index contributed by atoms with van der Waals surface area (Å²) in [7, 11) is -3.76. The van der Waals surface area contributed by atoms with Crippen molar-refractivity contribution in [3.05, 3.63) is 75.6 Å². The first-order chi connectivity index (χ1) is 16.0. The fraction of sp³-hybridized carbons (Fsp3) is 0.375. The predicted molar refractivity (Wildman–Crippen MR) is 120 cm³/mol. The number of sulfonamides is 1. The Morgan fingerprint density at radius 2 is 1.68 bits per heavy atom. The highest BCUT2D eigenvalue weighted by Gasteiger charge is 2.34. The summed E-state index contributed by atoms with van der Waals surface area (Å²) < 4.78 is 72.8. The van der Waals surface area contributed by atoms with Crippen LogP contribution in [0.5, 0.6) is 0 Å². The van der Waals surface area contributed by atoms with Crippen LogP contribution in [0.3, 0.4) is 0 Å². The highest BCUT2D eigenvalue weighted by Crippen LogP contribution is 2.34. The Labute approximate surface area is 194 Å². The lowest BCUT2D eigenvalue weighted by Gasteiger charge is -2.27. The van der Waals surface area contributed by atoms with E-state index in [1.807, 2.05) is 0 Å². The molecule has 1 aliphatic rings. The molecule has 0 bridgehead atoms. The summed E-state index contributed by atoms with van der Waals surface area (Å²) in [5.41, 5.74) is -1.04. The van der Waals surface area contributed by atoms with E-state index >= 15 is 0 Å². The van der Waals surface area contributed by atoms with E-state index in [9.17, 15) is 31.5 Å². The van der Waals surface area contributed by atoms with Crippen LogP contribution in [0.2, 0.25) is 0 Å². The van der Waals surface area contributed by atoms with Gasteiger partial charge in [0.05, 0.1) is 16.6 Å². The van der Waals surface area contributed by atoms with Crippen molar-refractivity contribution in [2.24, 2.45) is 5.92 Å². The maximum atomic E-state index is 13.4. The number of benzene rings is 2. The van der Waals surface area contributed by atoms with Crippen LogP contribution in [0.25, 0.3) is 11.0 Å². The standard InChI is InChI=1S/C24H24F3NO5S/c25-24(26,27)20-13-23(30)33-22-10-7-16(12-19(20)22)11-15-5-8-18(9-6-15)34(31,32)28-14-17-3-1-2-4-21(17)29/h5-10,12-13,17,21,28-29H,1-4,11,14H2. The van der Waals surface area contributed by atoms with Gasteiger partial charge in [0.15, 0.2) is 0 Å². The van der Waals surface area contributed by atoms with Gasteiger partial charge in [-0.25, -0.2) is 17.9 Å². The Hall–Kier alpha value is -2.69. The summed E-state index contributed by atoms with van der Waals surface area (Å²) >= 11 is 0. The van der Waals surface area contributed by atoms with Crippen molar-refractivity contribution in [3.63, 3.8) is 0 Å². The van der Waals surface area contributed by atoms with Gasteiger partial charge in [0, 0.05) is 18.0 Å². The molecule has 2 atom stereocenters. The molecule has 3 aromatic rings. The Morgan fingerprint density at radius 3 is 2.35 bits per heavy atom. The second-order valence-electron chi connectivity index (χ2n) is 8.59. The first kappa shape index (κ1) is 24.4. The van der Waals surface area contributed by atoms with Crippen molar-refractivity contribution in [2.45, 2.75) is 49.3 Å². The molecule has 2 N–H and O–H groups in total. The number of aliphatic hydroxyl groups excluding tert-OH is 1. The molecule has 0 aliphatic heterocycles. The van der Waals surface area contributed by atoms with E-state index in [0.717, 1.165) is 19.3 Å². The Bertz CT molecular complexity index is 1330. The number of halogens is 3. The third-order valence-electron chi connectivity index (χ3n) is 6.16. The average molecular weight is 496 g/mol. The fourth-order valence-corrected chi connectivity index (χ4v) is 5.40. The smallest absolute Gasteiger partial charge is 0.417 e. The second kappa shape index (κ2) is 9.52. The van der Waals surface area contributed by atoms with Crippen LogP contribution in [0, 0.1) is 5.92 Å². The van der Waals surface area contributed by atoms with Crippen LogP contribution in [0.1, 0.15) is 42.4 Å². The highest BCUT2D eigenvalue weighted by molar-refractivity contribution is 7.89. The van der Waals surface area contributed by atoms with Crippen LogP contribution in [-0.2, 0) is 22.6 Å². The number of aliphatic hydroxyl groups is 1. The molecule has 10 heteroatoms. The minimum Gasteiger partial charge on any atom is -0.423 e. The first-order valence-electron chi connectivity index (χ1n) is 10.9. The fourth-order valence-electron chi connectivity index (χ4n) is 4.30. The van der Waals surface area contributed by atoms with Gasteiger partial charge in [-0.05, 0) is 60.6 Å². The topological polar surface area (TPSA) is 96.6 Å². The summed E-state index contributed by atoms with van der Waals surface area (Å²) in [6.07, 6.45) is -1.61. The number of nitrogens with one attached hydrogen (secondary N) is 1. The lowest BCUT2D eigenvalue weighted by molar-refractivity contribution is -0.136. The molecule has 0 spiro atoms. The quantitative estimate of drug-likeness (QED) is 0.499. The monoisotopic (exact) mass is 495 g/mol. The first-order valence-corrected chi connectivity index (χ1v) is 12.4. The van der Waals surface area contributed by atoms with Crippen LogP contribution in [0.4, 0.5) is 13.2 Å². The molecule has 0 saturated heterocycles. The highest BCUT2D eigenvalue weighted by atomic mass is 32.2. The molecule has 2 unspecified atom stereocenters. The molecule has 34 heavy (non-hydrogen) atoms. The summed E-state index contributed by atoms with van der Waals surface area (Å²) in [5.74, 6) is -0.110. The molecule has 1 heterocycles. The zero-order valence-corrected chi connectivity index (χ0v) is 19.0. The van der Waals surface area contributed by atoms with Crippen LogP contribution in [-0.4, -0.2) is 26.2 Å². The third kappa shape index (κ3) is 5.51. The maximum Gasteiger partial charge on any atom is 0.417 e. The molecular formula is C24H24F3NO5S. The van der Waals surface area contributed by atoms with E-state index in [0.29, 0.717) is 23.6 Å². The lowest BCUT2D eigenvalue weighted by Crippen LogP contribution is -2.36. The summed E-state index contributed by atoms with van der Waals surface area (Å²) in [4.78, 5) is 11.5. The Morgan fingerprint density at radius 1 is 1.00 bits per heavy atom. The third-order valence-corrected chi connectivity index (χ3v) is 7.60. The van der Waals surface area contributed by atoms with Crippen molar-refractivity contribution in [1.82, 2.24) is 4.72 Å². The van der Waals surface area contributed by atoms with Gasteiger partial charge < -0.3 is 9.52 Å². The van der Waals surface area contributed by atoms with Gasteiger partial charge in [-0.3, -0.25) is 0 Å². The average Bonchev–Trinajstić information content (AvgIpc) is 2.78. The van der Waals surface area contributed by atoms with Crippen molar-refractivity contribution >= 4 is 21.0 Å². The summed E-state index contributed by atoms with van der Waals surface area (Å²) in [5, 5.41) is 9.83. The normalized spacial score (nSPS) is 19.4. The second-order valence-corrected chi connectivity index (χ2v) is 10.4. The van der Waals surface area contributed by atoms with E-state index in [1.165, 1.54) is 24.3 Å². The number of hydrogen-bond acceptors (Lipinski definition) is 5. The van der Waals surface area contributed by atoms with E-state index in [2.05, 4.69) is 4.72 Å². The van der Waals surface area contributed by atoms with Crippen LogP contribution >= 0.6 is 0 Å². The lowest BCUT2D eigenvalue weighted by atomic mass is 9.87. The number of rotatable bonds is 6. The molecule has 6 nitrogen and oxygen atoms in total.